The molecule has 1 aliphatic heterocycles. The van der Waals surface area contributed by atoms with Crippen molar-refractivity contribution in [2.45, 2.75) is 24.4 Å². The molecule has 0 bridgehead atoms. The Labute approximate surface area is 144 Å². The van der Waals surface area contributed by atoms with Crippen LogP contribution in [-0.4, -0.2) is 37.4 Å². The first kappa shape index (κ1) is 16.5. The standard InChI is InChI=1S/C16H17FN4O2S/c1-19-14(24)20-7-11-8-21(15(22)23-11)10-2-3-12(13(17)6-10)16(9-18)4-5-16/h2-3,6,11H,4-5,7-8H2,1H3,(H2,19,20,24)/t11-/m0/s1. The number of hydrogen-bond donors (Lipinski definition) is 2. The SMILES string of the molecule is CNC(=S)NC[C@H]1CN(c2ccc(C3(C#N)CC3)c(F)c2)C(=O)O1. The van der Waals surface area contributed by atoms with Gasteiger partial charge in [-0.2, -0.15) is 5.26 Å². The van der Waals surface area contributed by atoms with Gasteiger partial charge in [-0.1, -0.05) is 6.07 Å². The summed E-state index contributed by atoms with van der Waals surface area (Å²) in [5.74, 6) is -0.461. The summed E-state index contributed by atoms with van der Waals surface area (Å²) in [6.07, 6.45) is 0.445. The highest BCUT2D eigenvalue weighted by Gasteiger charge is 2.47. The number of nitrogens with one attached hydrogen (secondary N) is 2. The fourth-order valence-corrected chi connectivity index (χ4v) is 2.84. The molecule has 0 unspecified atom stereocenters. The molecule has 126 valence electrons. The molecule has 1 aliphatic carbocycles. The van der Waals surface area contributed by atoms with Crippen LogP contribution >= 0.6 is 12.2 Å². The van der Waals surface area contributed by atoms with E-state index in [-0.39, 0.29) is 6.10 Å². The largest absolute Gasteiger partial charge is 0.442 e. The third kappa shape index (κ3) is 2.99. The quantitative estimate of drug-likeness (QED) is 0.808. The van der Waals surface area contributed by atoms with E-state index in [1.54, 1.807) is 19.2 Å². The lowest BCUT2D eigenvalue weighted by Crippen LogP contribution is -2.39. The van der Waals surface area contributed by atoms with Gasteiger partial charge in [-0.15, -0.1) is 0 Å². The Morgan fingerprint density at radius 2 is 2.33 bits per heavy atom. The van der Waals surface area contributed by atoms with Gasteiger partial charge in [0.25, 0.3) is 0 Å². The number of benzene rings is 1. The van der Waals surface area contributed by atoms with Crippen molar-refractivity contribution >= 4 is 29.1 Å². The van der Waals surface area contributed by atoms with Gasteiger partial charge < -0.3 is 15.4 Å². The third-order valence-electron chi connectivity index (χ3n) is 4.34. The van der Waals surface area contributed by atoms with Crippen molar-refractivity contribution in [1.29, 1.82) is 5.26 Å². The lowest BCUT2D eigenvalue weighted by Gasteiger charge is -2.16. The highest BCUT2D eigenvalue weighted by molar-refractivity contribution is 7.80. The van der Waals surface area contributed by atoms with E-state index in [1.807, 2.05) is 0 Å². The minimum atomic E-state index is -0.691. The number of hydrogen-bond acceptors (Lipinski definition) is 4. The average Bonchev–Trinajstić information content (AvgIpc) is 3.29. The molecule has 1 aromatic carbocycles. The molecule has 2 fully saturated rings. The molecular formula is C16H17FN4O2S. The van der Waals surface area contributed by atoms with E-state index >= 15 is 0 Å². The van der Waals surface area contributed by atoms with Gasteiger partial charge in [0.05, 0.1) is 30.3 Å². The van der Waals surface area contributed by atoms with Gasteiger partial charge in [0, 0.05) is 12.6 Å². The summed E-state index contributed by atoms with van der Waals surface area (Å²) in [5.41, 5.74) is 0.135. The summed E-state index contributed by atoms with van der Waals surface area (Å²) >= 11 is 4.97. The van der Waals surface area contributed by atoms with Crippen LogP contribution in [0.2, 0.25) is 0 Å². The fraction of sp³-hybridized carbons (Fsp3) is 0.438. The van der Waals surface area contributed by atoms with Crippen molar-refractivity contribution in [2.75, 3.05) is 25.0 Å². The summed E-state index contributed by atoms with van der Waals surface area (Å²) in [4.78, 5) is 13.4. The van der Waals surface area contributed by atoms with Crippen molar-refractivity contribution in [1.82, 2.24) is 10.6 Å². The van der Waals surface area contributed by atoms with Gasteiger partial charge in [-0.3, -0.25) is 4.90 Å². The van der Waals surface area contributed by atoms with E-state index in [2.05, 4.69) is 16.7 Å². The van der Waals surface area contributed by atoms with Crippen molar-refractivity contribution in [2.24, 2.45) is 0 Å². The number of thiocarbonyl (C=S) groups is 1. The van der Waals surface area contributed by atoms with E-state index in [0.29, 0.717) is 42.3 Å². The monoisotopic (exact) mass is 348 g/mol. The molecule has 1 amide bonds. The Kier molecular flexibility index (Phi) is 4.28. The highest BCUT2D eigenvalue weighted by atomic mass is 32.1. The first-order valence-corrected chi connectivity index (χ1v) is 8.05. The number of carbonyl (C=O) groups excluding carboxylic acids is 1. The second-order valence-electron chi connectivity index (χ2n) is 5.93. The maximum absolute atomic E-state index is 14.4. The molecule has 2 aliphatic rings. The molecule has 1 saturated heterocycles. The molecule has 1 aromatic rings. The normalized spacial score (nSPS) is 21.0. The summed E-state index contributed by atoms with van der Waals surface area (Å²) < 4.78 is 19.6. The van der Waals surface area contributed by atoms with Gasteiger partial charge in [-0.25, -0.2) is 9.18 Å². The van der Waals surface area contributed by atoms with Gasteiger partial charge in [0.1, 0.15) is 11.9 Å². The molecule has 24 heavy (non-hydrogen) atoms. The van der Waals surface area contributed by atoms with Gasteiger partial charge >= 0.3 is 6.09 Å². The number of ether oxygens (including phenoxy) is 1. The summed E-state index contributed by atoms with van der Waals surface area (Å²) in [6, 6.07) is 6.72. The Morgan fingerprint density at radius 1 is 1.58 bits per heavy atom. The van der Waals surface area contributed by atoms with E-state index in [4.69, 9.17) is 17.0 Å². The molecule has 6 nitrogen and oxygen atoms in total. The average molecular weight is 348 g/mol. The number of nitriles is 1. The van der Waals surface area contributed by atoms with E-state index in [1.165, 1.54) is 11.0 Å². The second-order valence-corrected chi connectivity index (χ2v) is 6.34. The predicted molar refractivity (Wildman–Crippen MR) is 90.2 cm³/mol. The first-order chi connectivity index (χ1) is 11.5. The smallest absolute Gasteiger partial charge is 0.414 e. The van der Waals surface area contributed by atoms with E-state index < -0.39 is 17.3 Å². The van der Waals surface area contributed by atoms with Gasteiger partial charge in [0.15, 0.2) is 5.11 Å². The number of halogens is 1. The number of rotatable bonds is 4. The zero-order valence-electron chi connectivity index (χ0n) is 13.1. The van der Waals surface area contributed by atoms with Crippen molar-refractivity contribution < 1.29 is 13.9 Å². The molecule has 0 radical (unpaired) electrons. The number of cyclic esters (lactones) is 1. The van der Waals surface area contributed by atoms with E-state index in [0.717, 1.165) is 0 Å². The molecule has 0 aromatic heterocycles. The van der Waals surface area contributed by atoms with Crippen LogP contribution in [0.4, 0.5) is 14.9 Å². The van der Waals surface area contributed by atoms with Gasteiger partial charge in [0.2, 0.25) is 0 Å². The third-order valence-corrected chi connectivity index (χ3v) is 4.68. The minimum Gasteiger partial charge on any atom is -0.442 e. The second kappa shape index (κ2) is 6.24. The van der Waals surface area contributed by atoms with Crippen LogP contribution in [0.25, 0.3) is 0 Å². The van der Waals surface area contributed by atoms with Crippen LogP contribution in [-0.2, 0) is 10.2 Å². The molecule has 1 heterocycles. The minimum absolute atomic E-state index is 0.306. The van der Waals surface area contributed by atoms with Crippen LogP contribution in [0.3, 0.4) is 0 Å². The maximum Gasteiger partial charge on any atom is 0.414 e. The number of carbonyl (C=O) groups is 1. The van der Waals surface area contributed by atoms with Crippen LogP contribution in [0.15, 0.2) is 18.2 Å². The van der Waals surface area contributed by atoms with Crippen LogP contribution < -0.4 is 15.5 Å². The molecule has 2 N–H and O–H groups in total. The Bertz CT molecular complexity index is 729. The Balaban J connectivity index is 1.71. The maximum atomic E-state index is 14.4. The summed E-state index contributed by atoms with van der Waals surface area (Å²) in [5, 5.41) is 15.4. The molecule has 3 rings (SSSR count). The molecular weight excluding hydrogens is 331 g/mol. The lowest BCUT2D eigenvalue weighted by atomic mass is 9.97. The molecule has 1 saturated carbocycles. The molecule has 0 spiro atoms. The van der Waals surface area contributed by atoms with Crippen molar-refractivity contribution in [3.8, 4) is 6.07 Å². The first-order valence-electron chi connectivity index (χ1n) is 7.64. The van der Waals surface area contributed by atoms with Crippen molar-refractivity contribution in [3.05, 3.63) is 29.6 Å². The van der Waals surface area contributed by atoms with E-state index in [9.17, 15) is 14.4 Å². The Morgan fingerprint density at radius 3 is 2.92 bits per heavy atom. The van der Waals surface area contributed by atoms with Crippen molar-refractivity contribution in [3.63, 3.8) is 0 Å². The zero-order chi connectivity index (χ0) is 17.3. The summed E-state index contributed by atoms with van der Waals surface area (Å²) in [6.45, 7) is 0.681. The van der Waals surface area contributed by atoms with Gasteiger partial charge in [-0.05, 0) is 37.2 Å². The Hall–Kier alpha value is -2.40. The molecule has 8 heteroatoms. The topological polar surface area (TPSA) is 77.4 Å². The van der Waals surface area contributed by atoms with Crippen LogP contribution in [0, 0.1) is 17.1 Å². The molecule has 1 atom stereocenters. The summed E-state index contributed by atoms with van der Waals surface area (Å²) in [7, 11) is 1.69. The number of anilines is 1. The van der Waals surface area contributed by atoms with Crippen LogP contribution in [0.5, 0.6) is 0 Å². The van der Waals surface area contributed by atoms with Crippen LogP contribution in [0.1, 0.15) is 18.4 Å². The predicted octanol–water partition coefficient (Wildman–Crippen LogP) is 1.80. The fourth-order valence-electron chi connectivity index (χ4n) is 2.76. The lowest BCUT2D eigenvalue weighted by molar-refractivity contribution is 0.143. The zero-order valence-corrected chi connectivity index (χ0v) is 14.0. The number of amides is 1. The highest BCUT2D eigenvalue weighted by Crippen LogP contribution is 2.48. The number of nitrogens with zero attached hydrogens (tertiary/aromatic N) is 2.